The molecule has 6 heteroatoms. The summed E-state index contributed by atoms with van der Waals surface area (Å²) >= 11 is 4.90. The van der Waals surface area contributed by atoms with E-state index in [1.54, 1.807) is 0 Å². The first kappa shape index (κ1) is 13.0. The zero-order valence-electron chi connectivity index (χ0n) is 9.43. The van der Waals surface area contributed by atoms with Gasteiger partial charge in [-0.15, -0.1) is 11.3 Å². The number of hydrogen-bond donors (Lipinski definition) is 1. The van der Waals surface area contributed by atoms with E-state index in [2.05, 4.69) is 20.8 Å². The molecule has 2 heterocycles. The first-order chi connectivity index (χ1) is 8.20. The molecule has 1 aromatic heterocycles. The van der Waals surface area contributed by atoms with E-state index in [1.165, 1.54) is 11.3 Å². The molecule has 4 nitrogen and oxygen atoms in total. The van der Waals surface area contributed by atoms with Crippen LogP contribution in [0, 0.1) is 0 Å². The second kappa shape index (κ2) is 5.95. The molecule has 17 heavy (non-hydrogen) atoms. The van der Waals surface area contributed by atoms with Crippen molar-refractivity contribution in [3.05, 3.63) is 20.8 Å². The van der Waals surface area contributed by atoms with Gasteiger partial charge < -0.3 is 10.0 Å². The minimum atomic E-state index is 0.107. The van der Waals surface area contributed by atoms with Gasteiger partial charge in [0.1, 0.15) is 0 Å². The normalized spacial score (nSPS) is 17.4. The van der Waals surface area contributed by atoms with Crippen LogP contribution in [0.5, 0.6) is 0 Å². The summed E-state index contributed by atoms with van der Waals surface area (Å²) < 4.78 is 0.986. The van der Waals surface area contributed by atoms with Gasteiger partial charge in [-0.2, -0.15) is 0 Å². The fraction of sp³-hybridized carbons (Fsp3) is 0.545. The monoisotopic (exact) mass is 318 g/mol. The molecule has 0 saturated carbocycles. The molecule has 1 aliphatic rings. The zero-order chi connectivity index (χ0) is 12.3. The number of aliphatic hydroxyl groups is 1. The molecule has 1 saturated heterocycles. The third-order valence-electron chi connectivity index (χ3n) is 2.89. The summed E-state index contributed by atoms with van der Waals surface area (Å²) in [7, 11) is 0. The van der Waals surface area contributed by atoms with Crippen molar-refractivity contribution < 1.29 is 9.90 Å². The molecule has 0 atom stereocenters. The lowest BCUT2D eigenvalue weighted by Crippen LogP contribution is -2.49. The summed E-state index contributed by atoms with van der Waals surface area (Å²) in [5.74, 6) is 0.107. The van der Waals surface area contributed by atoms with Gasteiger partial charge in [0.05, 0.1) is 16.0 Å². The molecule has 0 aromatic carbocycles. The fourth-order valence-electron chi connectivity index (χ4n) is 1.92. The highest BCUT2D eigenvalue weighted by atomic mass is 79.9. The second-order valence-corrected chi connectivity index (χ2v) is 6.29. The van der Waals surface area contributed by atoms with Crippen LogP contribution < -0.4 is 0 Å². The van der Waals surface area contributed by atoms with Gasteiger partial charge in [0.2, 0.25) is 0 Å². The zero-order valence-corrected chi connectivity index (χ0v) is 11.8. The quantitative estimate of drug-likeness (QED) is 0.912. The molecule has 0 radical (unpaired) electrons. The third kappa shape index (κ3) is 3.28. The molecule has 0 unspecified atom stereocenters. The van der Waals surface area contributed by atoms with E-state index in [-0.39, 0.29) is 12.5 Å². The van der Waals surface area contributed by atoms with Crippen LogP contribution in [0.4, 0.5) is 0 Å². The Morgan fingerprint density at radius 2 is 2.12 bits per heavy atom. The Kier molecular flexibility index (Phi) is 4.55. The summed E-state index contributed by atoms with van der Waals surface area (Å²) in [6.45, 7) is 4.06. The minimum absolute atomic E-state index is 0.107. The largest absolute Gasteiger partial charge is 0.395 e. The molecular weight excluding hydrogens is 304 g/mol. The van der Waals surface area contributed by atoms with E-state index < -0.39 is 0 Å². The molecule has 0 spiro atoms. The van der Waals surface area contributed by atoms with E-state index in [0.717, 1.165) is 35.5 Å². The summed E-state index contributed by atoms with van der Waals surface area (Å²) in [5.41, 5.74) is 0.762. The maximum atomic E-state index is 12.1. The van der Waals surface area contributed by atoms with Gasteiger partial charge >= 0.3 is 0 Å². The van der Waals surface area contributed by atoms with Crippen LogP contribution >= 0.6 is 27.3 Å². The van der Waals surface area contributed by atoms with Gasteiger partial charge in [0, 0.05) is 38.1 Å². The predicted octanol–water partition coefficient (Wildman–Crippen LogP) is 1.26. The topological polar surface area (TPSA) is 43.8 Å². The van der Waals surface area contributed by atoms with Gasteiger partial charge in [-0.3, -0.25) is 9.69 Å². The van der Waals surface area contributed by atoms with Crippen molar-refractivity contribution in [1.29, 1.82) is 0 Å². The Hall–Kier alpha value is -0.430. The molecule has 1 amide bonds. The minimum Gasteiger partial charge on any atom is -0.395 e. The first-order valence-electron chi connectivity index (χ1n) is 5.57. The predicted molar refractivity (Wildman–Crippen MR) is 71.4 cm³/mol. The molecule has 1 fully saturated rings. The average molecular weight is 319 g/mol. The van der Waals surface area contributed by atoms with Crippen LogP contribution in [0.3, 0.4) is 0 Å². The van der Waals surface area contributed by atoms with Gasteiger partial charge in [0.25, 0.3) is 5.91 Å². The Morgan fingerprint density at radius 1 is 1.41 bits per heavy atom. The number of hydrogen-bond acceptors (Lipinski definition) is 4. The number of aliphatic hydroxyl groups excluding tert-OH is 1. The van der Waals surface area contributed by atoms with Crippen LogP contribution in [-0.2, 0) is 0 Å². The highest BCUT2D eigenvalue weighted by molar-refractivity contribution is 9.11. The van der Waals surface area contributed by atoms with Crippen LogP contribution in [0.1, 0.15) is 10.4 Å². The Bertz CT molecular complexity index is 389. The van der Waals surface area contributed by atoms with Crippen LogP contribution in [-0.4, -0.2) is 60.1 Å². The lowest BCUT2D eigenvalue weighted by molar-refractivity contribution is 0.0615. The number of amides is 1. The first-order valence-corrected chi connectivity index (χ1v) is 7.24. The summed E-state index contributed by atoms with van der Waals surface area (Å²) in [5, 5.41) is 10.7. The Morgan fingerprint density at radius 3 is 2.65 bits per heavy atom. The van der Waals surface area contributed by atoms with Crippen molar-refractivity contribution >= 4 is 33.2 Å². The van der Waals surface area contributed by atoms with Crippen LogP contribution in [0.25, 0.3) is 0 Å². The van der Waals surface area contributed by atoms with Crippen molar-refractivity contribution in [2.75, 3.05) is 39.3 Å². The van der Waals surface area contributed by atoms with E-state index in [0.29, 0.717) is 6.54 Å². The fourth-order valence-corrected chi connectivity index (χ4v) is 3.05. The van der Waals surface area contributed by atoms with Crippen molar-refractivity contribution in [3.63, 3.8) is 0 Å². The highest BCUT2D eigenvalue weighted by Crippen LogP contribution is 2.22. The number of nitrogens with zero attached hydrogens (tertiary/aromatic N) is 2. The maximum Gasteiger partial charge on any atom is 0.254 e. The van der Waals surface area contributed by atoms with Gasteiger partial charge in [-0.05, 0) is 22.0 Å². The molecule has 1 aromatic rings. The number of thiophene rings is 1. The van der Waals surface area contributed by atoms with Crippen molar-refractivity contribution in [3.8, 4) is 0 Å². The number of carbonyl (C=O) groups excluding carboxylic acids is 1. The molecule has 1 N–H and O–H groups in total. The summed E-state index contributed by atoms with van der Waals surface area (Å²) in [6, 6.07) is 1.87. The molecular formula is C11H15BrN2O2S. The molecule has 0 bridgehead atoms. The molecule has 0 aliphatic carbocycles. The third-order valence-corrected chi connectivity index (χ3v) is 4.39. The molecule has 2 rings (SSSR count). The second-order valence-electron chi connectivity index (χ2n) is 4.00. The van der Waals surface area contributed by atoms with Crippen LogP contribution in [0.2, 0.25) is 0 Å². The smallest absolute Gasteiger partial charge is 0.254 e. The number of carbonyl (C=O) groups is 1. The number of β-amino-alcohol motifs (C(OH)–C–C–N with tert-alkyl or cyclic N) is 1. The van der Waals surface area contributed by atoms with E-state index >= 15 is 0 Å². The van der Waals surface area contributed by atoms with Gasteiger partial charge in [0.15, 0.2) is 0 Å². The van der Waals surface area contributed by atoms with Crippen molar-refractivity contribution in [2.24, 2.45) is 0 Å². The van der Waals surface area contributed by atoms with E-state index in [9.17, 15) is 4.79 Å². The lowest BCUT2D eigenvalue weighted by atomic mass is 10.2. The standard InChI is InChI=1S/C11H15BrN2O2S/c12-10-7-9(8-17-10)11(16)14-3-1-13(2-4-14)5-6-15/h7-8,15H,1-6H2. The molecule has 1 aliphatic heterocycles. The Labute approximate surface area is 113 Å². The van der Waals surface area contributed by atoms with Gasteiger partial charge in [-0.25, -0.2) is 0 Å². The van der Waals surface area contributed by atoms with Crippen molar-refractivity contribution in [2.45, 2.75) is 0 Å². The lowest BCUT2D eigenvalue weighted by Gasteiger charge is -2.34. The number of rotatable bonds is 3. The summed E-state index contributed by atoms with van der Waals surface area (Å²) in [6.07, 6.45) is 0. The molecule has 94 valence electrons. The average Bonchev–Trinajstić information content (AvgIpc) is 2.76. The number of halogens is 1. The van der Waals surface area contributed by atoms with Crippen LogP contribution in [0.15, 0.2) is 15.2 Å². The summed E-state index contributed by atoms with van der Waals surface area (Å²) in [4.78, 5) is 16.2. The number of piperazine rings is 1. The van der Waals surface area contributed by atoms with Crippen molar-refractivity contribution in [1.82, 2.24) is 9.80 Å². The van der Waals surface area contributed by atoms with E-state index in [1.807, 2.05) is 16.3 Å². The Balaban J connectivity index is 1.90. The maximum absolute atomic E-state index is 12.1. The SMILES string of the molecule is O=C(c1csc(Br)c1)N1CCN(CCO)CC1. The van der Waals surface area contributed by atoms with E-state index in [4.69, 9.17) is 5.11 Å². The highest BCUT2D eigenvalue weighted by Gasteiger charge is 2.22. The van der Waals surface area contributed by atoms with Gasteiger partial charge in [-0.1, -0.05) is 0 Å².